The van der Waals surface area contributed by atoms with E-state index in [4.69, 9.17) is 4.52 Å². The van der Waals surface area contributed by atoms with Crippen LogP contribution in [0.4, 0.5) is 4.39 Å². The summed E-state index contributed by atoms with van der Waals surface area (Å²) in [5.41, 5.74) is 4.04. The molecular formula is C22H24FN3O3S. The number of rotatable bonds is 5. The molecule has 0 amide bonds. The number of aryl methyl sites for hydroxylation is 3. The Balaban J connectivity index is 1.56. The molecule has 1 aliphatic heterocycles. The highest BCUT2D eigenvalue weighted by Gasteiger charge is 2.37. The van der Waals surface area contributed by atoms with Gasteiger partial charge in [0.15, 0.2) is 5.76 Å². The predicted molar refractivity (Wildman–Crippen MR) is 110 cm³/mol. The monoisotopic (exact) mass is 429 g/mol. The van der Waals surface area contributed by atoms with Gasteiger partial charge in [-0.1, -0.05) is 17.3 Å². The maximum atomic E-state index is 13.5. The lowest BCUT2D eigenvalue weighted by Gasteiger charge is -2.17. The topological polar surface area (TPSA) is 76.3 Å². The number of sulfonamides is 1. The maximum Gasteiger partial charge on any atom is 0.248 e. The SMILES string of the molecule is Cc1cc(Cc2cccc(F)c2)cc([C@@H]2CCN(S(=O)(=O)c3c(C)noc3C)C2)n1. The van der Waals surface area contributed by atoms with E-state index in [0.29, 0.717) is 37.4 Å². The lowest BCUT2D eigenvalue weighted by molar-refractivity contribution is 0.389. The molecule has 1 aromatic carbocycles. The van der Waals surface area contributed by atoms with Crippen LogP contribution in [-0.4, -0.2) is 36.0 Å². The van der Waals surface area contributed by atoms with E-state index < -0.39 is 10.0 Å². The fourth-order valence-corrected chi connectivity index (χ4v) is 5.91. The Hall–Kier alpha value is -2.58. The zero-order chi connectivity index (χ0) is 21.5. The fraction of sp³-hybridized carbons (Fsp3) is 0.364. The third-order valence-corrected chi connectivity index (χ3v) is 7.58. The number of aromatic nitrogens is 2. The lowest BCUT2D eigenvalue weighted by Crippen LogP contribution is -2.29. The van der Waals surface area contributed by atoms with Gasteiger partial charge in [0.2, 0.25) is 10.0 Å². The number of hydrogen-bond acceptors (Lipinski definition) is 5. The van der Waals surface area contributed by atoms with Crippen molar-refractivity contribution >= 4 is 10.0 Å². The van der Waals surface area contributed by atoms with Gasteiger partial charge >= 0.3 is 0 Å². The van der Waals surface area contributed by atoms with E-state index in [1.807, 2.05) is 25.1 Å². The Morgan fingerprint density at radius 2 is 1.97 bits per heavy atom. The van der Waals surface area contributed by atoms with Crippen LogP contribution in [0, 0.1) is 26.6 Å². The summed E-state index contributed by atoms with van der Waals surface area (Å²) in [5, 5.41) is 3.78. The largest absolute Gasteiger partial charge is 0.360 e. The molecule has 6 nitrogen and oxygen atoms in total. The van der Waals surface area contributed by atoms with Crippen molar-refractivity contribution in [2.75, 3.05) is 13.1 Å². The first kappa shape index (κ1) is 20.7. The molecule has 3 aromatic rings. The summed E-state index contributed by atoms with van der Waals surface area (Å²) in [5.74, 6) is 0.0582. The Labute approximate surface area is 175 Å². The van der Waals surface area contributed by atoms with Crippen LogP contribution >= 0.6 is 0 Å². The average Bonchev–Trinajstić information content (AvgIpc) is 3.29. The molecule has 2 aromatic heterocycles. The van der Waals surface area contributed by atoms with Crippen molar-refractivity contribution in [2.45, 2.75) is 44.4 Å². The van der Waals surface area contributed by atoms with Crippen molar-refractivity contribution in [3.8, 4) is 0 Å². The maximum absolute atomic E-state index is 13.5. The normalized spacial score (nSPS) is 17.5. The molecule has 0 saturated carbocycles. The second kappa shape index (κ2) is 7.92. The average molecular weight is 430 g/mol. The Kier molecular flexibility index (Phi) is 5.46. The molecule has 0 spiro atoms. The van der Waals surface area contributed by atoms with Crippen LogP contribution in [-0.2, 0) is 16.4 Å². The Bertz CT molecular complexity index is 1170. The van der Waals surface area contributed by atoms with Crippen molar-refractivity contribution in [2.24, 2.45) is 0 Å². The van der Waals surface area contributed by atoms with Gasteiger partial charge in [0.05, 0.1) is 0 Å². The minimum atomic E-state index is -3.66. The minimum Gasteiger partial charge on any atom is -0.360 e. The molecule has 158 valence electrons. The fourth-order valence-electron chi connectivity index (χ4n) is 4.12. The first-order valence-electron chi connectivity index (χ1n) is 9.89. The number of pyridine rings is 1. The van der Waals surface area contributed by atoms with Crippen LogP contribution in [0.1, 0.15) is 46.3 Å². The zero-order valence-electron chi connectivity index (χ0n) is 17.2. The van der Waals surface area contributed by atoms with Crippen LogP contribution in [0.2, 0.25) is 0 Å². The van der Waals surface area contributed by atoms with Crippen LogP contribution in [0.15, 0.2) is 45.8 Å². The third-order valence-electron chi connectivity index (χ3n) is 5.47. The van der Waals surface area contributed by atoms with Gasteiger partial charge in [-0.2, -0.15) is 4.31 Å². The minimum absolute atomic E-state index is 0.00593. The van der Waals surface area contributed by atoms with E-state index in [2.05, 4.69) is 10.1 Å². The second-order valence-corrected chi connectivity index (χ2v) is 9.73. The molecule has 1 aliphatic rings. The van der Waals surface area contributed by atoms with Gasteiger partial charge < -0.3 is 4.52 Å². The predicted octanol–water partition coefficient (Wildman–Crippen LogP) is 3.90. The molecule has 30 heavy (non-hydrogen) atoms. The van der Waals surface area contributed by atoms with E-state index in [1.54, 1.807) is 19.9 Å². The molecule has 0 unspecified atom stereocenters. The van der Waals surface area contributed by atoms with Gasteiger partial charge in [0.1, 0.15) is 16.4 Å². The van der Waals surface area contributed by atoms with Gasteiger partial charge in [-0.25, -0.2) is 12.8 Å². The van der Waals surface area contributed by atoms with E-state index >= 15 is 0 Å². The molecule has 3 heterocycles. The zero-order valence-corrected chi connectivity index (χ0v) is 18.0. The summed E-state index contributed by atoms with van der Waals surface area (Å²) < 4.78 is 46.2. The highest BCUT2D eigenvalue weighted by atomic mass is 32.2. The molecule has 0 radical (unpaired) electrons. The summed E-state index contributed by atoms with van der Waals surface area (Å²) in [6, 6.07) is 10.6. The van der Waals surface area contributed by atoms with Crippen molar-refractivity contribution in [1.29, 1.82) is 0 Å². The summed E-state index contributed by atoms with van der Waals surface area (Å²) in [7, 11) is -3.66. The molecule has 4 rings (SSSR count). The summed E-state index contributed by atoms with van der Waals surface area (Å²) in [6.45, 7) is 5.96. The molecule has 1 fully saturated rings. The third kappa shape index (κ3) is 4.02. The smallest absolute Gasteiger partial charge is 0.248 e. The molecule has 1 saturated heterocycles. The molecule has 0 aliphatic carbocycles. The van der Waals surface area contributed by atoms with E-state index in [-0.39, 0.29) is 16.6 Å². The van der Waals surface area contributed by atoms with Gasteiger partial charge in [-0.15, -0.1) is 0 Å². The van der Waals surface area contributed by atoms with Crippen LogP contribution in [0.3, 0.4) is 0 Å². The number of halogens is 1. The molecule has 0 N–H and O–H groups in total. The highest BCUT2D eigenvalue weighted by molar-refractivity contribution is 7.89. The summed E-state index contributed by atoms with van der Waals surface area (Å²) in [6.07, 6.45) is 1.29. The lowest BCUT2D eigenvalue weighted by atomic mass is 9.98. The summed E-state index contributed by atoms with van der Waals surface area (Å²) in [4.78, 5) is 4.82. The van der Waals surface area contributed by atoms with Crippen LogP contribution < -0.4 is 0 Å². The van der Waals surface area contributed by atoms with E-state index in [1.165, 1.54) is 16.4 Å². The standard InChI is InChI=1S/C22H24FN3O3S/c1-14-9-18(10-17-5-4-6-20(23)11-17)12-21(24-14)19-7-8-26(13-19)30(27,28)22-15(2)25-29-16(22)3/h4-6,9,11-12,19H,7-8,10,13H2,1-3H3/t19-/m1/s1. The van der Waals surface area contributed by atoms with Crippen LogP contribution in [0.5, 0.6) is 0 Å². The molecular weight excluding hydrogens is 405 g/mol. The van der Waals surface area contributed by atoms with Crippen molar-refractivity contribution in [1.82, 2.24) is 14.4 Å². The number of nitrogens with zero attached hydrogens (tertiary/aromatic N) is 3. The second-order valence-electron chi connectivity index (χ2n) is 7.85. The molecule has 1 atom stereocenters. The highest BCUT2D eigenvalue weighted by Crippen LogP contribution is 2.33. The van der Waals surface area contributed by atoms with Crippen molar-refractivity contribution in [3.05, 3.63) is 76.2 Å². The van der Waals surface area contributed by atoms with Gasteiger partial charge in [-0.05, 0) is 69.0 Å². The molecule has 8 heteroatoms. The Morgan fingerprint density at radius 1 is 1.17 bits per heavy atom. The summed E-state index contributed by atoms with van der Waals surface area (Å²) >= 11 is 0. The number of hydrogen-bond donors (Lipinski definition) is 0. The Morgan fingerprint density at radius 3 is 2.67 bits per heavy atom. The van der Waals surface area contributed by atoms with E-state index in [0.717, 1.165) is 22.5 Å². The quantitative estimate of drug-likeness (QED) is 0.615. The van der Waals surface area contributed by atoms with Crippen LogP contribution in [0.25, 0.3) is 0 Å². The van der Waals surface area contributed by atoms with Gasteiger partial charge in [0.25, 0.3) is 0 Å². The molecule has 0 bridgehead atoms. The van der Waals surface area contributed by atoms with E-state index in [9.17, 15) is 12.8 Å². The first-order valence-corrected chi connectivity index (χ1v) is 11.3. The number of benzene rings is 1. The van der Waals surface area contributed by atoms with Crippen molar-refractivity contribution < 1.29 is 17.3 Å². The van der Waals surface area contributed by atoms with Gasteiger partial charge in [-0.3, -0.25) is 4.98 Å². The van der Waals surface area contributed by atoms with Crippen molar-refractivity contribution in [3.63, 3.8) is 0 Å². The van der Waals surface area contributed by atoms with Gasteiger partial charge in [0, 0.05) is 30.4 Å². The first-order chi connectivity index (χ1) is 14.2.